The Kier molecular flexibility index (Phi) is 3.68. The summed E-state index contributed by atoms with van der Waals surface area (Å²) in [6.07, 6.45) is 0.792. The molecule has 2 rings (SSSR count). The van der Waals surface area contributed by atoms with Crippen molar-refractivity contribution in [1.29, 1.82) is 0 Å². The molecular weight excluding hydrogens is 273 g/mol. The van der Waals surface area contributed by atoms with Crippen LogP contribution in [0.5, 0.6) is 0 Å². The Morgan fingerprint density at radius 1 is 1.28 bits per heavy atom. The molecule has 0 amide bonds. The molecule has 1 heterocycles. The number of anilines is 1. The fourth-order valence-electron chi connectivity index (χ4n) is 1.45. The zero-order valence-corrected chi connectivity index (χ0v) is 11.3. The molecule has 3 nitrogen and oxygen atoms in total. The summed E-state index contributed by atoms with van der Waals surface area (Å²) in [5, 5.41) is 0. The lowest BCUT2D eigenvalue weighted by molar-refractivity contribution is 0.603. The molecule has 6 heteroatoms. The van der Waals surface area contributed by atoms with Crippen LogP contribution in [-0.2, 0) is 16.4 Å². The summed E-state index contributed by atoms with van der Waals surface area (Å²) in [5.41, 5.74) is 0.224. The van der Waals surface area contributed by atoms with Crippen molar-refractivity contribution >= 4 is 27.0 Å². The van der Waals surface area contributed by atoms with E-state index in [2.05, 4.69) is 4.72 Å². The van der Waals surface area contributed by atoms with Crippen molar-refractivity contribution in [3.05, 3.63) is 47.1 Å². The molecule has 0 unspecified atom stereocenters. The maximum absolute atomic E-state index is 13.0. The van der Waals surface area contributed by atoms with Crippen molar-refractivity contribution in [2.75, 3.05) is 4.72 Å². The van der Waals surface area contributed by atoms with Crippen molar-refractivity contribution in [3.8, 4) is 0 Å². The summed E-state index contributed by atoms with van der Waals surface area (Å²) in [4.78, 5) is 0.995. The Balaban J connectivity index is 2.27. The normalized spacial score (nSPS) is 11.4. The summed E-state index contributed by atoms with van der Waals surface area (Å²) < 4.78 is 39.6. The van der Waals surface area contributed by atoms with Gasteiger partial charge in [-0.1, -0.05) is 13.0 Å². The highest BCUT2D eigenvalue weighted by Crippen LogP contribution is 2.24. The standard InChI is InChI=1S/C12H12FNO2S2/c1-2-11-6-7-12(17-11)18(15,16)14-10-5-3-4-9(13)8-10/h3-8,14H,2H2,1H3. The number of rotatable bonds is 4. The minimum atomic E-state index is -3.62. The Bertz CT molecular complexity index is 650. The van der Waals surface area contributed by atoms with Gasteiger partial charge in [0.2, 0.25) is 0 Å². The van der Waals surface area contributed by atoms with Crippen molar-refractivity contribution < 1.29 is 12.8 Å². The summed E-state index contributed by atoms with van der Waals surface area (Å²) in [6, 6.07) is 8.72. The van der Waals surface area contributed by atoms with E-state index in [1.807, 2.05) is 6.92 Å². The first kappa shape index (κ1) is 13.0. The molecule has 1 aromatic heterocycles. The SMILES string of the molecule is CCc1ccc(S(=O)(=O)Nc2cccc(F)c2)s1. The van der Waals surface area contributed by atoms with Gasteiger partial charge in [-0.2, -0.15) is 0 Å². The molecule has 0 aliphatic carbocycles. The first-order valence-electron chi connectivity index (χ1n) is 5.38. The first-order chi connectivity index (χ1) is 8.51. The van der Waals surface area contributed by atoms with Crippen molar-refractivity contribution in [2.45, 2.75) is 17.6 Å². The van der Waals surface area contributed by atoms with Gasteiger partial charge >= 0.3 is 0 Å². The predicted octanol–water partition coefficient (Wildman–Crippen LogP) is 3.25. The number of aryl methyl sites for hydroxylation is 1. The monoisotopic (exact) mass is 285 g/mol. The lowest BCUT2D eigenvalue weighted by Gasteiger charge is -2.05. The molecule has 1 aromatic carbocycles. The molecule has 0 saturated heterocycles. The minimum Gasteiger partial charge on any atom is -0.279 e. The van der Waals surface area contributed by atoms with Crippen molar-refractivity contribution in [2.24, 2.45) is 0 Å². The molecular formula is C12H12FNO2S2. The third-order valence-corrected chi connectivity index (χ3v) is 5.43. The van der Waals surface area contributed by atoms with E-state index in [-0.39, 0.29) is 9.90 Å². The molecule has 0 saturated carbocycles. The maximum atomic E-state index is 13.0. The fraction of sp³-hybridized carbons (Fsp3) is 0.167. The first-order valence-corrected chi connectivity index (χ1v) is 7.68. The number of nitrogens with one attached hydrogen (secondary N) is 1. The van der Waals surface area contributed by atoms with Gasteiger partial charge in [0, 0.05) is 4.88 Å². The molecule has 0 aliphatic rings. The third-order valence-electron chi connectivity index (χ3n) is 2.33. The molecule has 1 N–H and O–H groups in total. The molecule has 0 bridgehead atoms. The van der Waals surface area contributed by atoms with Crippen LogP contribution in [0.4, 0.5) is 10.1 Å². The number of halogens is 1. The second-order valence-corrected chi connectivity index (χ2v) is 6.77. The lowest BCUT2D eigenvalue weighted by atomic mass is 10.3. The van der Waals surface area contributed by atoms with E-state index < -0.39 is 15.8 Å². The van der Waals surface area contributed by atoms with Crippen LogP contribution in [-0.4, -0.2) is 8.42 Å². The van der Waals surface area contributed by atoms with Gasteiger partial charge < -0.3 is 0 Å². The van der Waals surface area contributed by atoms with E-state index in [0.717, 1.165) is 17.4 Å². The van der Waals surface area contributed by atoms with Gasteiger partial charge in [-0.05, 0) is 36.8 Å². The van der Waals surface area contributed by atoms with Crippen LogP contribution in [0.15, 0.2) is 40.6 Å². The van der Waals surface area contributed by atoms with Crippen molar-refractivity contribution in [3.63, 3.8) is 0 Å². The third kappa shape index (κ3) is 2.88. The number of benzene rings is 1. The number of hydrogen-bond donors (Lipinski definition) is 1. The molecule has 0 aliphatic heterocycles. The van der Waals surface area contributed by atoms with Crippen LogP contribution in [0.2, 0.25) is 0 Å². The molecule has 96 valence electrons. The highest BCUT2D eigenvalue weighted by atomic mass is 32.2. The van der Waals surface area contributed by atoms with Crippen LogP contribution in [0.1, 0.15) is 11.8 Å². The smallest absolute Gasteiger partial charge is 0.271 e. The van der Waals surface area contributed by atoms with E-state index in [1.165, 1.54) is 29.5 Å². The van der Waals surface area contributed by atoms with Crippen LogP contribution in [0.3, 0.4) is 0 Å². The van der Waals surface area contributed by atoms with E-state index in [9.17, 15) is 12.8 Å². The highest BCUT2D eigenvalue weighted by molar-refractivity contribution is 7.94. The van der Waals surface area contributed by atoms with Gasteiger partial charge in [-0.3, -0.25) is 4.72 Å². The fourth-order valence-corrected chi connectivity index (χ4v) is 3.80. The second-order valence-electron chi connectivity index (χ2n) is 3.69. The second kappa shape index (κ2) is 5.07. The zero-order valence-electron chi connectivity index (χ0n) is 9.68. The van der Waals surface area contributed by atoms with Gasteiger partial charge in [0.25, 0.3) is 10.0 Å². The molecule has 0 radical (unpaired) electrons. The van der Waals surface area contributed by atoms with E-state index >= 15 is 0 Å². The van der Waals surface area contributed by atoms with Gasteiger partial charge in [0.05, 0.1) is 5.69 Å². The Morgan fingerprint density at radius 2 is 2.06 bits per heavy atom. The Hall–Kier alpha value is -1.40. The number of hydrogen-bond acceptors (Lipinski definition) is 3. The van der Waals surface area contributed by atoms with Crippen LogP contribution >= 0.6 is 11.3 Å². The van der Waals surface area contributed by atoms with Gasteiger partial charge in [-0.25, -0.2) is 12.8 Å². The maximum Gasteiger partial charge on any atom is 0.271 e. The number of thiophene rings is 1. The molecule has 2 aromatic rings. The zero-order chi connectivity index (χ0) is 13.2. The summed E-state index contributed by atoms with van der Waals surface area (Å²) >= 11 is 1.22. The Labute approximate surface area is 109 Å². The van der Waals surface area contributed by atoms with Crippen LogP contribution in [0.25, 0.3) is 0 Å². The summed E-state index contributed by atoms with van der Waals surface area (Å²) in [7, 11) is -3.62. The van der Waals surface area contributed by atoms with Crippen LogP contribution < -0.4 is 4.72 Å². The molecule has 0 fully saturated rings. The highest BCUT2D eigenvalue weighted by Gasteiger charge is 2.16. The quantitative estimate of drug-likeness (QED) is 0.937. The minimum absolute atomic E-state index is 0.224. The van der Waals surface area contributed by atoms with Gasteiger partial charge in [0.1, 0.15) is 10.0 Å². The van der Waals surface area contributed by atoms with Gasteiger partial charge in [0.15, 0.2) is 0 Å². The molecule has 0 atom stereocenters. The largest absolute Gasteiger partial charge is 0.279 e. The van der Waals surface area contributed by atoms with E-state index in [0.29, 0.717) is 0 Å². The number of sulfonamides is 1. The van der Waals surface area contributed by atoms with Crippen molar-refractivity contribution in [1.82, 2.24) is 0 Å². The Morgan fingerprint density at radius 3 is 2.67 bits per heavy atom. The average molecular weight is 285 g/mol. The summed E-state index contributed by atoms with van der Waals surface area (Å²) in [5.74, 6) is -0.476. The lowest BCUT2D eigenvalue weighted by Crippen LogP contribution is -2.11. The summed E-state index contributed by atoms with van der Waals surface area (Å²) in [6.45, 7) is 1.96. The van der Waals surface area contributed by atoms with E-state index in [1.54, 1.807) is 12.1 Å². The van der Waals surface area contributed by atoms with Gasteiger partial charge in [-0.15, -0.1) is 11.3 Å². The van der Waals surface area contributed by atoms with E-state index in [4.69, 9.17) is 0 Å². The average Bonchev–Trinajstić information content (AvgIpc) is 2.77. The van der Waals surface area contributed by atoms with Crippen LogP contribution in [0, 0.1) is 5.82 Å². The molecule has 18 heavy (non-hydrogen) atoms. The molecule has 0 spiro atoms. The topological polar surface area (TPSA) is 46.2 Å². The predicted molar refractivity (Wildman–Crippen MR) is 70.9 cm³/mol.